The molecule has 6 rings (SSSR count). The molecule has 208 valence electrons. The molecule has 39 heavy (non-hydrogen) atoms. The number of fused-ring (bicyclic) bond motifs is 1. The van der Waals surface area contributed by atoms with Crippen LogP contribution in [0.1, 0.15) is 53.7 Å². The van der Waals surface area contributed by atoms with Crippen LogP contribution in [-0.2, 0) is 7.05 Å². The number of nitrogens with zero attached hydrogens (tertiary/aromatic N) is 7. The number of anilines is 3. The lowest BCUT2D eigenvalue weighted by atomic mass is 9.92. The molecule has 1 saturated carbocycles. The van der Waals surface area contributed by atoms with E-state index in [1.165, 1.54) is 22.9 Å². The van der Waals surface area contributed by atoms with Crippen molar-refractivity contribution in [2.45, 2.75) is 82.2 Å². The fourth-order valence-corrected chi connectivity index (χ4v) is 5.81. The minimum absolute atomic E-state index is 0.117. The average molecular weight is 541 g/mol. The molecule has 2 aromatic heterocycles. The number of ether oxygens (including phenoxy) is 1. The third-order valence-electron chi connectivity index (χ3n) is 8.06. The van der Waals surface area contributed by atoms with E-state index in [1.807, 2.05) is 0 Å². The molecule has 1 aromatic carbocycles. The second kappa shape index (κ2) is 9.87. The van der Waals surface area contributed by atoms with Crippen molar-refractivity contribution in [2.24, 2.45) is 7.05 Å². The van der Waals surface area contributed by atoms with E-state index in [-0.39, 0.29) is 41.9 Å². The van der Waals surface area contributed by atoms with Crippen molar-refractivity contribution >= 4 is 17.5 Å². The zero-order valence-electron chi connectivity index (χ0n) is 23.3. The summed E-state index contributed by atoms with van der Waals surface area (Å²) in [6.45, 7) is 5.55. The summed E-state index contributed by atoms with van der Waals surface area (Å²) in [5, 5.41) is 23.6. The number of hydrogen-bond donors (Lipinski definition) is 3. The van der Waals surface area contributed by atoms with Gasteiger partial charge in [0.1, 0.15) is 17.5 Å². The molecule has 0 amide bonds. The number of tetrazole rings is 1. The van der Waals surface area contributed by atoms with E-state index in [0.717, 1.165) is 32.0 Å². The smallest absolute Gasteiger partial charge is 0.383 e. The number of piperidine rings is 1. The first kappa shape index (κ1) is 24.5. The highest BCUT2D eigenvalue weighted by Gasteiger charge is 2.42. The Balaban J connectivity index is 1.22. The van der Waals surface area contributed by atoms with Gasteiger partial charge in [0.05, 0.1) is 13.7 Å². The van der Waals surface area contributed by atoms with Crippen LogP contribution in [0.15, 0.2) is 29.2 Å². The van der Waals surface area contributed by atoms with Gasteiger partial charge in [-0.15, -0.1) is 4.80 Å². The lowest BCUT2D eigenvalue weighted by Gasteiger charge is -2.42. The molecule has 2 saturated heterocycles. The minimum Gasteiger partial charge on any atom is -0.488 e. The summed E-state index contributed by atoms with van der Waals surface area (Å²) in [5.41, 5.74) is 0.526. The summed E-state index contributed by atoms with van der Waals surface area (Å²) in [6, 6.07) is 5.58. The summed E-state index contributed by atoms with van der Waals surface area (Å²) >= 11 is 0. The van der Waals surface area contributed by atoms with Crippen LogP contribution >= 0.6 is 0 Å². The predicted octanol–water partition coefficient (Wildman–Crippen LogP) is 2.36. The Bertz CT molecular complexity index is 1470. The SMILES string of the molecule is [2H]C1(Oc2ccc(Nc3ncc(F)c(N[C@H]4CCN5[C@@H](CCC5(C)C)C4)n3)cc2-n2nnc(=O)n2C)CC(O)C1. The molecule has 4 heterocycles. The van der Waals surface area contributed by atoms with Crippen LogP contribution in [0.25, 0.3) is 5.69 Å². The van der Waals surface area contributed by atoms with Gasteiger partial charge >= 0.3 is 5.69 Å². The Hall–Kier alpha value is -3.58. The van der Waals surface area contributed by atoms with Gasteiger partial charge in [0, 0.05) is 49.7 Å². The molecule has 2 aliphatic heterocycles. The zero-order valence-corrected chi connectivity index (χ0v) is 22.3. The lowest BCUT2D eigenvalue weighted by Crippen LogP contribution is -2.50. The Morgan fingerprint density at radius 3 is 2.82 bits per heavy atom. The van der Waals surface area contributed by atoms with E-state index in [4.69, 9.17) is 6.11 Å². The molecule has 13 heteroatoms. The molecule has 1 aliphatic carbocycles. The maximum atomic E-state index is 14.7. The van der Waals surface area contributed by atoms with Gasteiger partial charge in [-0.1, -0.05) is 5.10 Å². The topological polar surface area (TPSA) is 135 Å². The van der Waals surface area contributed by atoms with E-state index in [1.54, 1.807) is 18.2 Å². The predicted molar refractivity (Wildman–Crippen MR) is 142 cm³/mol. The molecule has 3 fully saturated rings. The third-order valence-corrected chi connectivity index (χ3v) is 8.06. The van der Waals surface area contributed by atoms with Gasteiger partial charge in [0.2, 0.25) is 5.95 Å². The number of nitrogens with one attached hydrogen (secondary N) is 2. The van der Waals surface area contributed by atoms with Crippen molar-refractivity contribution in [3.63, 3.8) is 0 Å². The van der Waals surface area contributed by atoms with Gasteiger partial charge in [0.15, 0.2) is 11.6 Å². The quantitative estimate of drug-likeness (QED) is 0.410. The first-order chi connectivity index (χ1) is 19.0. The molecule has 3 aromatic rings. The molecular weight excluding hydrogens is 505 g/mol. The summed E-state index contributed by atoms with van der Waals surface area (Å²) in [4.78, 5) is 24.4. The maximum absolute atomic E-state index is 14.7. The largest absolute Gasteiger partial charge is 0.488 e. The fraction of sp³-hybridized carbons (Fsp3) is 0.577. The Labute approximate surface area is 226 Å². The van der Waals surface area contributed by atoms with E-state index in [9.17, 15) is 14.3 Å². The lowest BCUT2D eigenvalue weighted by molar-refractivity contribution is -0.0109. The Kier molecular flexibility index (Phi) is 6.19. The average Bonchev–Trinajstić information content (AvgIpc) is 3.38. The van der Waals surface area contributed by atoms with E-state index < -0.39 is 23.7 Å². The van der Waals surface area contributed by atoms with Gasteiger partial charge in [-0.3, -0.25) is 4.90 Å². The standard InChI is InChI=1S/C26H34FN9O3/c1-26(2)8-6-17-10-16(7-9-35(17)26)29-23-20(27)14-28-24(31-23)30-15-4-5-22(39-19-12-18(37)13-19)21(11-15)36-33-32-25(38)34(36)3/h4-5,11,14,16-19,37H,6-10,12-13H2,1-3H3,(H2,28,29,30,31)/t16-,17-,18?,19?/m0/s1/i19D. The van der Waals surface area contributed by atoms with Crippen LogP contribution in [0, 0.1) is 5.82 Å². The van der Waals surface area contributed by atoms with Gasteiger partial charge in [-0.25, -0.2) is 18.9 Å². The van der Waals surface area contributed by atoms with Gasteiger partial charge < -0.3 is 20.5 Å². The van der Waals surface area contributed by atoms with Crippen molar-refractivity contribution in [3.05, 3.63) is 40.7 Å². The molecule has 3 N–H and O–H groups in total. The van der Waals surface area contributed by atoms with Crippen molar-refractivity contribution in [2.75, 3.05) is 17.2 Å². The molecule has 0 spiro atoms. The number of aliphatic hydroxyl groups excluding tert-OH is 1. The van der Waals surface area contributed by atoms with Gasteiger partial charge in [0.25, 0.3) is 0 Å². The second-order valence-corrected chi connectivity index (χ2v) is 11.2. The van der Waals surface area contributed by atoms with Crippen molar-refractivity contribution in [1.29, 1.82) is 0 Å². The summed E-state index contributed by atoms with van der Waals surface area (Å²) in [7, 11) is 1.51. The van der Waals surface area contributed by atoms with Crippen molar-refractivity contribution < 1.29 is 15.6 Å². The number of benzene rings is 1. The Morgan fingerprint density at radius 2 is 2.08 bits per heavy atom. The van der Waals surface area contributed by atoms with Crippen LogP contribution in [0.2, 0.25) is 0 Å². The summed E-state index contributed by atoms with van der Waals surface area (Å²) in [6.07, 6.45) is 3.75. The minimum atomic E-state index is -1.28. The highest BCUT2D eigenvalue weighted by atomic mass is 19.1. The first-order valence-electron chi connectivity index (χ1n) is 13.8. The van der Waals surface area contributed by atoms with Crippen LogP contribution in [0.4, 0.5) is 21.8 Å². The molecule has 2 atom stereocenters. The van der Waals surface area contributed by atoms with Crippen LogP contribution < -0.4 is 21.1 Å². The van der Waals surface area contributed by atoms with Crippen LogP contribution in [-0.4, -0.2) is 76.1 Å². The van der Waals surface area contributed by atoms with Crippen molar-refractivity contribution in [3.8, 4) is 11.4 Å². The monoisotopic (exact) mass is 540 g/mol. The molecule has 0 unspecified atom stereocenters. The number of aliphatic hydroxyl groups is 1. The van der Waals surface area contributed by atoms with Crippen LogP contribution in [0.5, 0.6) is 5.75 Å². The molecule has 0 bridgehead atoms. The van der Waals surface area contributed by atoms with Gasteiger partial charge in [-0.05, 0) is 62.9 Å². The van der Waals surface area contributed by atoms with Crippen molar-refractivity contribution in [1.82, 2.24) is 34.7 Å². The number of aromatic nitrogens is 6. The summed E-state index contributed by atoms with van der Waals surface area (Å²) in [5.74, 6) is 0.100. The number of halogens is 1. The molecule has 3 aliphatic rings. The highest BCUT2D eigenvalue weighted by Crippen LogP contribution is 2.39. The summed E-state index contributed by atoms with van der Waals surface area (Å²) < 4.78 is 30.3. The van der Waals surface area contributed by atoms with E-state index in [0.29, 0.717) is 17.4 Å². The van der Waals surface area contributed by atoms with E-state index >= 15 is 0 Å². The maximum Gasteiger partial charge on any atom is 0.383 e. The van der Waals surface area contributed by atoms with Crippen LogP contribution in [0.3, 0.4) is 0 Å². The molecular formula is C26H34FN9O3. The molecule has 12 nitrogen and oxygen atoms in total. The number of hydrogen-bond acceptors (Lipinski definition) is 10. The number of rotatable bonds is 7. The highest BCUT2D eigenvalue weighted by molar-refractivity contribution is 5.62. The third kappa shape index (κ3) is 5.08. The second-order valence-electron chi connectivity index (χ2n) is 11.2. The fourth-order valence-electron chi connectivity index (χ4n) is 5.81. The van der Waals surface area contributed by atoms with E-state index in [2.05, 4.69) is 49.7 Å². The first-order valence-corrected chi connectivity index (χ1v) is 13.3. The molecule has 0 radical (unpaired) electrons. The normalized spacial score (nSPS) is 28.3. The zero-order chi connectivity index (χ0) is 28.2. The Morgan fingerprint density at radius 1 is 1.26 bits per heavy atom. The van der Waals surface area contributed by atoms with Gasteiger partial charge in [-0.2, -0.15) is 4.98 Å².